The molecule has 0 saturated heterocycles. The number of carbonyl (C=O) groups is 2. The van der Waals surface area contributed by atoms with Crippen LogP contribution in [0.25, 0.3) is 0 Å². The standard InChI is InChI=1S/C22H23N3O2/c1-15-8-5-6-12-17(15)20-19-18(23-22(27)24-20)14-25(21(19)26)13-7-11-16-9-3-2-4-10-16/h2-6,8-10,12,20H,7,11,13-14H2,1H3,(H2,23,24,27)/t20-/m0/s1. The van der Waals surface area contributed by atoms with Crippen LogP contribution < -0.4 is 10.6 Å². The third kappa shape index (κ3) is 3.45. The number of amides is 3. The fraction of sp³-hybridized carbons (Fsp3) is 0.273. The van der Waals surface area contributed by atoms with Crippen molar-refractivity contribution in [1.29, 1.82) is 0 Å². The van der Waals surface area contributed by atoms with Gasteiger partial charge in [-0.1, -0.05) is 54.6 Å². The van der Waals surface area contributed by atoms with Crippen LogP contribution in [-0.4, -0.2) is 29.9 Å². The Balaban J connectivity index is 1.49. The highest BCUT2D eigenvalue weighted by Crippen LogP contribution is 2.33. The molecule has 0 bridgehead atoms. The average molecular weight is 361 g/mol. The number of rotatable bonds is 5. The van der Waals surface area contributed by atoms with Crippen LogP contribution in [0.4, 0.5) is 4.79 Å². The van der Waals surface area contributed by atoms with Gasteiger partial charge in [0.25, 0.3) is 5.91 Å². The molecule has 4 rings (SSSR count). The number of urea groups is 1. The zero-order chi connectivity index (χ0) is 18.8. The van der Waals surface area contributed by atoms with Gasteiger partial charge in [0.05, 0.1) is 23.9 Å². The van der Waals surface area contributed by atoms with E-state index in [1.165, 1.54) is 5.56 Å². The van der Waals surface area contributed by atoms with Gasteiger partial charge in [-0.05, 0) is 36.5 Å². The van der Waals surface area contributed by atoms with Gasteiger partial charge in [-0.3, -0.25) is 4.79 Å². The molecule has 2 aromatic carbocycles. The fourth-order valence-corrected chi connectivity index (χ4v) is 3.87. The summed E-state index contributed by atoms with van der Waals surface area (Å²) in [5.74, 6) is 0.0128. The smallest absolute Gasteiger partial charge is 0.319 e. The largest absolute Gasteiger partial charge is 0.333 e. The first-order chi connectivity index (χ1) is 13.1. The van der Waals surface area contributed by atoms with Crippen molar-refractivity contribution in [1.82, 2.24) is 15.5 Å². The summed E-state index contributed by atoms with van der Waals surface area (Å²) in [5, 5.41) is 5.76. The lowest BCUT2D eigenvalue weighted by Gasteiger charge is -2.26. The Kier molecular flexibility index (Phi) is 4.67. The number of aryl methyl sites for hydroxylation is 2. The van der Waals surface area contributed by atoms with Crippen molar-refractivity contribution in [3.8, 4) is 0 Å². The van der Waals surface area contributed by atoms with Gasteiger partial charge in [0.1, 0.15) is 0 Å². The van der Waals surface area contributed by atoms with E-state index in [2.05, 4.69) is 22.8 Å². The summed E-state index contributed by atoms with van der Waals surface area (Å²) in [6.45, 7) is 3.15. The third-order valence-corrected chi connectivity index (χ3v) is 5.26. The lowest BCUT2D eigenvalue weighted by atomic mass is 9.93. The molecule has 5 heteroatoms. The quantitative estimate of drug-likeness (QED) is 0.860. The zero-order valence-electron chi connectivity index (χ0n) is 15.4. The van der Waals surface area contributed by atoms with E-state index in [-0.39, 0.29) is 18.0 Å². The van der Waals surface area contributed by atoms with Crippen molar-refractivity contribution >= 4 is 11.9 Å². The Bertz CT molecular complexity index is 905. The van der Waals surface area contributed by atoms with Crippen LogP contribution in [0.5, 0.6) is 0 Å². The molecule has 27 heavy (non-hydrogen) atoms. The van der Waals surface area contributed by atoms with Gasteiger partial charge < -0.3 is 15.5 Å². The number of nitrogens with one attached hydrogen (secondary N) is 2. The zero-order valence-corrected chi connectivity index (χ0v) is 15.4. The van der Waals surface area contributed by atoms with Gasteiger partial charge in [-0.25, -0.2) is 4.79 Å². The van der Waals surface area contributed by atoms with E-state index >= 15 is 0 Å². The van der Waals surface area contributed by atoms with Crippen molar-refractivity contribution in [3.05, 3.63) is 82.6 Å². The van der Waals surface area contributed by atoms with Crippen LogP contribution in [-0.2, 0) is 11.2 Å². The number of nitrogens with zero attached hydrogens (tertiary/aromatic N) is 1. The second kappa shape index (κ2) is 7.27. The van der Waals surface area contributed by atoms with E-state index in [4.69, 9.17) is 0 Å². The number of hydrogen-bond donors (Lipinski definition) is 2. The highest BCUT2D eigenvalue weighted by Gasteiger charge is 2.40. The molecule has 1 atom stereocenters. The minimum atomic E-state index is -0.387. The predicted molar refractivity (Wildman–Crippen MR) is 104 cm³/mol. The first kappa shape index (κ1) is 17.3. The van der Waals surface area contributed by atoms with E-state index in [9.17, 15) is 9.59 Å². The summed E-state index contributed by atoms with van der Waals surface area (Å²) in [4.78, 5) is 27.0. The first-order valence-electron chi connectivity index (χ1n) is 9.33. The van der Waals surface area contributed by atoms with E-state index < -0.39 is 0 Å². The summed E-state index contributed by atoms with van der Waals surface area (Å²) in [6, 6.07) is 17.5. The molecule has 2 heterocycles. The second-order valence-corrected chi connectivity index (χ2v) is 7.10. The van der Waals surface area contributed by atoms with Crippen molar-refractivity contribution in [3.63, 3.8) is 0 Å². The molecule has 0 aliphatic carbocycles. The normalized spacial score (nSPS) is 19.0. The molecule has 2 aliphatic rings. The van der Waals surface area contributed by atoms with Gasteiger partial charge in [-0.2, -0.15) is 0 Å². The minimum absolute atomic E-state index is 0.0128. The molecule has 0 aromatic heterocycles. The molecule has 2 N–H and O–H groups in total. The molecule has 0 fully saturated rings. The summed E-state index contributed by atoms with van der Waals surface area (Å²) in [5.41, 5.74) is 4.71. The molecule has 0 unspecified atom stereocenters. The summed E-state index contributed by atoms with van der Waals surface area (Å²) in [7, 11) is 0. The summed E-state index contributed by atoms with van der Waals surface area (Å²) >= 11 is 0. The molecule has 3 amide bonds. The SMILES string of the molecule is Cc1ccccc1[C@@H]1NC(=O)NC2=C1C(=O)N(CCCc1ccccc1)C2. The maximum absolute atomic E-state index is 13.1. The summed E-state index contributed by atoms with van der Waals surface area (Å²) in [6.07, 6.45) is 1.83. The predicted octanol–water partition coefficient (Wildman–Crippen LogP) is 3.08. The molecule has 0 radical (unpaired) electrons. The Labute approximate surface area is 159 Å². The molecule has 0 saturated carbocycles. The molecular formula is C22H23N3O2. The Morgan fingerprint density at radius 1 is 1.04 bits per heavy atom. The highest BCUT2D eigenvalue weighted by molar-refractivity contribution is 6.01. The lowest BCUT2D eigenvalue weighted by molar-refractivity contribution is -0.125. The third-order valence-electron chi connectivity index (χ3n) is 5.26. The first-order valence-corrected chi connectivity index (χ1v) is 9.33. The molecule has 138 valence electrons. The van der Waals surface area contributed by atoms with Gasteiger partial charge >= 0.3 is 6.03 Å². The Hall–Kier alpha value is -3.08. The van der Waals surface area contributed by atoms with Gasteiger partial charge in [0.2, 0.25) is 0 Å². The minimum Gasteiger partial charge on any atom is -0.333 e. The van der Waals surface area contributed by atoms with Crippen molar-refractivity contribution in [2.45, 2.75) is 25.8 Å². The van der Waals surface area contributed by atoms with Crippen molar-refractivity contribution in [2.75, 3.05) is 13.1 Å². The maximum Gasteiger partial charge on any atom is 0.319 e. The van der Waals surface area contributed by atoms with Crippen LogP contribution in [0, 0.1) is 6.92 Å². The molecule has 5 nitrogen and oxygen atoms in total. The maximum atomic E-state index is 13.1. The molecular weight excluding hydrogens is 338 g/mol. The number of benzene rings is 2. The summed E-state index contributed by atoms with van der Waals surface area (Å²) < 4.78 is 0. The number of hydrogen-bond acceptors (Lipinski definition) is 2. The lowest BCUT2D eigenvalue weighted by Crippen LogP contribution is -2.44. The molecule has 2 aliphatic heterocycles. The van der Waals surface area contributed by atoms with Crippen molar-refractivity contribution < 1.29 is 9.59 Å². The molecule has 0 spiro atoms. The highest BCUT2D eigenvalue weighted by atomic mass is 16.2. The van der Waals surface area contributed by atoms with Crippen LogP contribution in [0.2, 0.25) is 0 Å². The fourth-order valence-electron chi connectivity index (χ4n) is 3.87. The van der Waals surface area contributed by atoms with E-state index in [0.717, 1.165) is 29.7 Å². The van der Waals surface area contributed by atoms with Crippen LogP contribution in [0.1, 0.15) is 29.2 Å². The Morgan fingerprint density at radius 2 is 1.78 bits per heavy atom. The van der Waals surface area contributed by atoms with E-state index in [1.54, 1.807) is 0 Å². The van der Waals surface area contributed by atoms with E-state index in [1.807, 2.05) is 54.3 Å². The van der Waals surface area contributed by atoms with Crippen LogP contribution >= 0.6 is 0 Å². The monoisotopic (exact) mass is 361 g/mol. The average Bonchev–Trinajstić information content (AvgIpc) is 2.98. The molecule has 2 aromatic rings. The van der Waals surface area contributed by atoms with E-state index in [0.29, 0.717) is 18.7 Å². The van der Waals surface area contributed by atoms with Crippen molar-refractivity contribution in [2.24, 2.45) is 0 Å². The van der Waals surface area contributed by atoms with Crippen LogP contribution in [0.15, 0.2) is 65.9 Å². The van der Waals surface area contributed by atoms with Gasteiger partial charge in [0, 0.05) is 6.54 Å². The number of carbonyl (C=O) groups excluding carboxylic acids is 2. The second-order valence-electron chi connectivity index (χ2n) is 7.10. The van der Waals surface area contributed by atoms with Crippen LogP contribution in [0.3, 0.4) is 0 Å². The Morgan fingerprint density at radius 3 is 2.56 bits per heavy atom. The topological polar surface area (TPSA) is 61.4 Å². The van der Waals surface area contributed by atoms with Gasteiger partial charge in [-0.15, -0.1) is 0 Å². The van der Waals surface area contributed by atoms with Gasteiger partial charge in [0.15, 0.2) is 0 Å².